The van der Waals surface area contributed by atoms with Crippen LogP contribution in [-0.4, -0.2) is 6.61 Å². The fraction of sp³-hybridized carbons (Fsp3) is 0.308. The van der Waals surface area contributed by atoms with E-state index in [9.17, 15) is 0 Å². The highest BCUT2D eigenvalue weighted by Gasteiger charge is 2.13. The van der Waals surface area contributed by atoms with Crippen molar-refractivity contribution in [2.24, 2.45) is 0 Å². The molecule has 0 saturated heterocycles. The monoisotopic (exact) mass is 457 g/mol. The molecule has 0 aromatic heterocycles. The Morgan fingerprint density at radius 2 is 1.58 bits per heavy atom. The lowest BCUT2D eigenvalue weighted by atomic mass is 10.0. The van der Waals surface area contributed by atoms with Gasteiger partial charge in [-0.1, -0.05) is 79.0 Å². The SMILES string of the molecule is CCCC(NCc1ccc(OCc2c(Cl)cccc2Cl)c(OCC)c1)c1ccccc1. The minimum Gasteiger partial charge on any atom is -0.490 e. The van der Waals surface area contributed by atoms with Crippen molar-refractivity contribution in [3.63, 3.8) is 0 Å². The molecule has 5 heteroatoms. The predicted octanol–water partition coefficient (Wildman–Crippen LogP) is 7.60. The van der Waals surface area contributed by atoms with Gasteiger partial charge in [0, 0.05) is 28.2 Å². The van der Waals surface area contributed by atoms with Crippen LogP contribution in [0.25, 0.3) is 0 Å². The molecule has 3 rings (SSSR count). The molecule has 0 fully saturated rings. The van der Waals surface area contributed by atoms with E-state index in [1.807, 2.05) is 37.3 Å². The Bertz CT molecular complexity index is 943. The first-order valence-corrected chi connectivity index (χ1v) is 11.5. The third-order valence-electron chi connectivity index (χ3n) is 5.07. The van der Waals surface area contributed by atoms with E-state index in [0.717, 1.165) is 36.3 Å². The topological polar surface area (TPSA) is 30.5 Å². The first-order chi connectivity index (χ1) is 15.1. The Hall–Kier alpha value is -2.20. The van der Waals surface area contributed by atoms with Crippen LogP contribution in [0.3, 0.4) is 0 Å². The normalized spacial score (nSPS) is 11.9. The standard InChI is InChI=1S/C26H29Cl2NO2/c1-3-9-24(20-10-6-5-7-11-20)29-17-19-14-15-25(26(16-19)30-4-2)31-18-21-22(27)12-8-13-23(21)28/h5-8,10-16,24,29H,3-4,9,17-18H2,1-2H3. The van der Waals surface area contributed by atoms with E-state index >= 15 is 0 Å². The highest BCUT2D eigenvalue weighted by Crippen LogP contribution is 2.32. The molecule has 31 heavy (non-hydrogen) atoms. The molecule has 0 radical (unpaired) electrons. The first-order valence-electron chi connectivity index (χ1n) is 10.7. The number of halogens is 2. The van der Waals surface area contributed by atoms with E-state index in [-0.39, 0.29) is 6.61 Å². The second kappa shape index (κ2) is 12.0. The molecule has 0 aliphatic heterocycles. The number of nitrogens with one attached hydrogen (secondary N) is 1. The zero-order valence-corrected chi connectivity index (χ0v) is 19.5. The number of hydrogen-bond acceptors (Lipinski definition) is 3. The highest BCUT2D eigenvalue weighted by atomic mass is 35.5. The van der Waals surface area contributed by atoms with Crippen molar-refractivity contribution in [2.75, 3.05) is 6.61 Å². The third-order valence-corrected chi connectivity index (χ3v) is 5.78. The van der Waals surface area contributed by atoms with Crippen LogP contribution in [0.1, 0.15) is 49.4 Å². The molecule has 3 aromatic carbocycles. The maximum absolute atomic E-state index is 6.27. The molecule has 0 spiro atoms. The zero-order chi connectivity index (χ0) is 22.1. The van der Waals surface area contributed by atoms with Crippen molar-refractivity contribution >= 4 is 23.2 Å². The molecule has 0 heterocycles. The summed E-state index contributed by atoms with van der Waals surface area (Å²) in [5.41, 5.74) is 3.22. The van der Waals surface area contributed by atoms with Gasteiger partial charge < -0.3 is 14.8 Å². The van der Waals surface area contributed by atoms with Crippen molar-refractivity contribution in [2.45, 2.75) is 45.9 Å². The summed E-state index contributed by atoms with van der Waals surface area (Å²) in [6.45, 7) is 5.76. The number of ether oxygens (including phenoxy) is 2. The van der Waals surface area contributed by atoms with E-state index in [1.54, 1.807) is 0 Å². The molecule has 0 aliphatic carbocycles. The van der Waals surface area contributed by atoms with Gasteiger partial charge in [-0.25, -0.2) is 0 Å². The van der Waals surface area contributed by atoms with Crippen LogP contribution in [0, 0.1) is 0 Å². The fourth-order valence-electron chi connectivity index (χ4n) is 3.47. The minimum atomic E-state index is 0.281. The van der Waals surface area contributed by atoms with Crippen molar-refractivity contribution in [1.82, 2.24) is 5.32 Å². The smallest absolute Gasteiger partial charge is 0.161 e. The Kier molecular flexibility index (Phi) is 9.08. The summed E-state index contributed by atoms with van der Waals surface area (Å²) < 4.78 is 11.9. The van der Waals surface area contributed by atoms with Crippen molar-refractivity contribution in [3.05, 3.63) is 93.5 Å². The van der Waals surface area contributed by atoms with Crippen molar-refractivity contribution < 1.29 is 9.47 Å². The average Bonchev–Trinajstić information content (AvgIpc) is 2.78. The van der Waals surface area contributed by atoms with E-state index in [2.05, 4.69) is 48.6 Å². The van der Waals surface area contributed by atoms with Gasteiger partial charge >= 0.3 is 0 Å². The third kappa shape index (κ3) is 6.64. The summed E-state index contributed by atoms with van der Waals surface area (Å²) in [5, 5.41) is 4.87. The van der Waals surface area contributed by atoms with Crippen LogP contribution in [0.5, 0.6) is 11.5 Å². The summed E-state index contributed by atoms with van der Waals surface area (Å²) in [6, 6.07) is 22.4. The van der Waals surface area contributed by atoms with E-state index in [0.29, 0.717) is 28.4 Å². The largest absolute Gasteiger partial charge is 0.490 e. The Morgan fingerprint density at radius 3 is 2.26 bits per heavy atom. The quantitative estimate of drug-likeness (QED) is 0.321. The Morgan fingerprint density at radius 1 is 0.839 bits per heavy atom. The minimum absolute atomic E-state index is 0.281. The predicted molar refractivity (Wildman–Crippen MR) is 129 cm³/mol. The van der Waals surface area contributed by atoms with Crippen LogP contribution in [-0.2, 0) is 13.2 Å². The van der Waals surface area contributed by atoms with Crippen LogP contribution < -0.4 is 14.8 Å². The number of hydrogen-bond donors (Lipinski definition) is 1. The van der Waals surface area contributed by atoms with Gasteiger partial charge in [-0.15, -0.1) is 0 Å². The molecule has 0 bridgehead atoms. The fourth-order valence-corrected chi connectivity index (χ4v) is 3.98. The number of benzene rings is 3. The van der Waals surface area contributed by atoms with Gasteiger partial charge in [0.15, 0.2) is 11.5 Å². The van der Waals surface area contributed by atoms with Crippen LogP contribution in [0.4, 0.5) is 0 Å². The van der Waals surface area contributed by atoms with Crippen molar-refractivity contribution in [3.8, 4) is 11.5 Å². The average molecular weight is 458 g/mol. The molecule has 3 nitrogen and oxygen atoms in total. The summed E-state index contributed by atoms with van der Waals surface area (Å²) >= 11 is 12.5. The Balaban J connectivity index is 1.70. The maximum Gasteiger partial charge on any atom is 0.161 e. The van der Waals surface area contributed by atoms with E-state index in [1.165, 1.54) is 5.56 Å². The lowest BCUT2D eigenvalue weighted by Crippen LogP contribution is -2.20. The molecule has 0 aliphatic rings. The molecule has 3 aromatic rings. The van der Waals surface area contributed by atoms with Gasteiger partial charge in [0.25, 0.3) is 0 Å². The molecular weight excluding hydrogens is 429 g/mol. The maximum atomic E-state index is 6.27. The second-order valence-corrected chi connectivity index (χ2v) is 8.15. The summed E-state index contributed by atoms with van der Waals surface area (Å²) in [4.78, 5) is 0. The molecule has 0 amide bonds. The molecular formula is C26H29Cl2NO2. The van der Waals surface area contributed by atoms with Crippen LogP contribution >= 0.6 is 23.2 Å². The van der Waals surface area contributed by atoms with Gasteiger partial charge in [0.1, 0.15) is 6.61 Å². The van der Waals surface area contributed by atoms with Crippen molar-refractivity contribution in [1.29, 1.82) is 0 Å². The van der Waals surface area contributed by atoms with Crippen LogP contribution in [0.15, 0.2) is 66.7 Å². The second-order valence-electron chi connectivity index (χ2n) is 7.34. The van der Waals surface area contributed by atoms with Gasteiger partial charge in [-0.2, -0.15) is 0 Å². The summed E-state index contributed by atoms with van der Waals surface area (Å²) in [7, 11) is 0. The summed E-state index contributed by atoms with van der Waals surface area (Å²) in [6.07, 6.45) is 2.20. The molecule has 1 unspecified atom stereocenters. The molecule has 1 atom stereocenters. The van der Waals surface area contributed by atoms with Crippen LogP contribution in [0.2, 0.25) is 10.0 Å². The summed E-state index contributed by atoms with van der Waals surface area (Å²) in [5.74, 6) is 1.39. The molecule has 0 saturated carbocycles. The molecule has 1 N–H and O–H groups in total. The van der Waals surface area contributed by atoms with Gasteiger partial charge in [-0.05, 0) is 48.7 Å². The van der Waals surface area contributed by atoms with Gasteiger partial charge in [0.05, 0.1) is 6.61 Å². The highest BCUT2D eigenvalue weighted by molar-refractivity contribution is 6.35. The Labute approximate surface area is 195 Å². The first kappa shape index (κ1) is 23.5. The van der Waals surface area contributed by atoms with E-state index in [4.69, 9.17) is 32.7 Å². The van der Waals surface area contributed by atoms with E-state index < -0.39 is 0 Å². The number of rotatable bonds is 11. The van der Waals surface area contributed by atoms with Gasteiger partial charge in [-0.3, -0.25) is 0 Å². The lowest BCUT2D eigenvalue weighted by Gasteiger charge is -2.19. The molecule has 164 valence electrons. The van der Waals surface area contributed by atoms with Gasteiger partial charge in [0.2, 0.25) is 0 Å². The zero-order valence-electron chi connectivity index (χ0n) is 18.0. The lowest BCUT2D eigenvalue weighted by molar-refractivity contribution is 0.269.